The number of benzene rings is 1. The number of aliphatic hydroxyl groups is 1. The van der Waals surface area contributed by atoms with Gasteiger partial charge in [-0.25, -0.2) is 0 Å². The number of hydrogen-bond acceptors (Lipinski definition) is 3. The van der Waals surface area contributed by atoms with Crippen LogP contribution in [0.15, 0.2) is 29.2 Å². The second kappa shape index (κ2) is 5.36. The van der Waals surface area contributed by atoms with Crippen molar-refractivity contribution in [3.05, 3.63) is 29.8 Å². The summed E-state index contributed by atoms with van der Waals surface area (Å²) in [5, 5.41) is 8.75. The molecule has 0 fully saturated rings. The normalized spacial score (nSPS) is 13.5. The molecule has 0 aromatic heterocycles. The highest BCUT2D eigenvalue weighted by atomic mass is 32.2. The van der Waals surface area contributed by atoms with Crippen LogP contribution in [-0.2, 0) is 0 Å². The van der Waals surface area contributed by atoms with Crippen LogP contribution >= 0.6 is 11.8 Å². The van der Waals surface area contributed by atoms with E-state index in [0.717, 1.165) is 11.8 Å². The quantitative estimate of drug-likeness (QED) is 0.659. The summed E-state index contributed by atoms with van der Waals surface area (Å²) in [6.45, 7) is 0. The van der Waals surface area contributed by atoms with E-state index in [4.69, 9.17) is 5.11 Å². The SMILES string of the molecule is O=Cc1ccc(SCC(O)C(F)(F)F)cc1. The zero-order chi connectivity index (χ0) is 12.2. The third kappa shape index (κ3) is 3.86. The first-order valence-corrected chi connectivity index (χ1v) is 5.35. The topological polar surface area (TPSA) is 37.3 Å². The molecule has 0 spiro atoms. The Balaban J connectivity index is 2.51. The van der Waals surface area contributed by atoms with Crippen molar-refractivity contribution in [3.8, 4) is 0 Å². The summed E-state index contributed by atoms with van der Waals surface area (Å²) in [5.74, 6) is -0.454. The van der Waals surface area contributed by atoms with Gasteiger partial charge >= 0.3 is 6.18 Å². The fourth-order valence-electron chi connectivity index (χ4n) is 0.912. The highest BCUT2D eigenvalue weighted by molar-refractivity contribution is 7.99. The molecule has 0 radical (unpaired) electrons. The Morgan fingerprint density at radius 2 is 1.88 bits per heavy atom. The van der Waals surface area contributed by atoms with Gasteiger partial charge in [0.15, 0.2) is 6.10 Å². The first-order chi connectivity index (χ1) is 7.43. The Kier molecular flexibility index (Phi) is 4.37. The second-order valence-corrected chi connectivity index (χ2v) is 4.15. The lowest BCUT2D eigenvalue weighted by molar-refractivity contribution is -0.195. The van der Waals surface area contributed by atoms with Gasteiger partial charge in [-0.05, 0) is 12.1 Å². The molecule has 0 saturated heterocycles. The number of thioether (sulfide) groups is 1. The largest absolute Gasteiger partial charge is 0.415 e. The molecule has 6 heteroatoms. The molecule has 0 amide bonds. The number of carbonyl (C=O) groups excluding carboxylic acids is 1. The number of aldehydes is 1. The molecule has 0 heterocycles. The Bertz CT molecular complexity index is 348. The van der Waals surface area contributed by atoms with E-state index in [-0.39, 0.29) is 0 Å². The molecule has 1 unspecified atom stereocenters. The third-order valence-corrected chi connectivity index (χ3v) is 2.89. The summed E-state index contributed by atoms with van der Waals surface area (Å²) < 4.78 is 35.9. The van der Waals surface area contributed by atoms with E-state index in [2.05, 4.69) is 0 Å². The van der Waals surface area contributed by atoms with Crippen molar-refractivity contribution in [1.82, 2.24) is 0 Å². The zero-order valence-corrected chi connectivity index (χ0v) is 8.89. The number of halogens is 3. The van der Waals surface area contributed by atoms with Crippen molar-refractivity contribution in [2.24, 2.45) is 0 Å². The molecular formula is C10H9F3O2S. The molecule has 0 saturated carbocycles. The number of rotatable bonds is 4. The lowest BCUT2D eigenvalue weighted by Gasteiger charge is -2.13. The van der Waals surface area contributed by atoms with Crippen LogP contribution in [0.4, 0.5) is 13.2 Å². The molecular weight excluding hydrogens is 241 g/mol. The molecule has 0 bridgehead atoms. The van der Waals surface area contributed by atoms with Gasteiger partial charge < -0.3 is 5.11 Å². The van der Waals surface area contributed by atoms with Crippen LogP contribution in [0.5, 0.6) is 0 Å². The van der Waals surface area contributed by atoms with E-state index in [1.165, 1.54) is 24.3 Å². The van der Waals surface area contributed by atoms with Crippen LogP contribution in [0.1, 0.15) is 10.4 Å². The highest BCUT2D eigenvalue weighted by Crippen LogP contribution is 2.26. The van der Waals surface area contributed by atoms with Crippen LogP contribution in [0.25, 0.3) is 0 Å². The van der Waals surface area contributed by atoms with Crippen molar-refractivity contribution >= 4 is 18.0 Å². The second-order valence-electron chi connectivity index (χ2n) is 3.06. The van der Waals surface area contributed by atoms with Crippen molar-refractivity contribution in [3.63, 3.8) is 0 Å². The fourth-order valence-corrected chi connectivity index (χ4v) is 1.78. The van der Waals surface area contributed by atoms with Gasteiger partial charge in [0.25, 0.3) is 0 Å². The minimum Gasteiger partial charge on any atom is -0.383 e. The molecule has 1 aromatic carbocycles. The zero-order valence-electron chi connectivity index (χ0n) is 8.07. The molecule has 1 atom stereocenters. The molecule has 0 aliphatic heterocycles. The van der Waals surface area contributed by atoms with E-state index < -0.39 is 18.0 Å². The van der Waals surface area contributed by atoms with Crippen LogP contribution in [-0.4, -0.2) is 29.4 Å². The number of carbonyl (C=O) groups is 1. The van der Waals surface area contributed by atoms with E-state index in [0.29, 0.717) is 16.7 Å². The third-order valence-electron chi connectivity index (χ3n) is 1.80. The summed E-state index contributed by atoms with van der Waals surface area (Å²) in [7, 11) is 0. The summed E-state index contributed by atoms with van der Waals surface area (Å²) in [4.78, 5) is 10.9. The highest BCUT2D eigenvalue weighted by Gasteiger charge is 2.37. The number of hydrogen-bond donors (Lipinski definition) is 1. The molecule has 0 aliphatic carbocycles. The maximum Gasteiger partial charge on any atom is 0.415 e. The van der Waals surface area contributed by atoms with Gasteiger partial charge in [0.1, 0.15) is 6.29 Å². The van der Waals surface area contributed by atoms with Gasteiger partial charge in [-0.3, -0.25) is 4.79 Å². The Labute approximate surface area is 94.5 Å². The van der Waals surface area contributed by atoms with Crippen molar-refractivity contribution < 1.29 is 23.1 Å². The first-order valence-electron chi connectivity index (χ1n) is 4.36. The van der Waals surface area contributed by atoms with Gasteiger partial charge in [-0.15, -0.1) is 11.8 Å². The molecule has 1 N–H and O–H groups in total. The predicted molar refractivity (Wildman–Crippen MR) is 54.6 cm³/mol. The first kappa shape index (κ1) is 13.1. The lowest BCUT2D eigenvalue weighted by Crippen LogP contribution is -2.30. The molecule has 2 nitrogen and oxygen atoms in total. The van der Waals surface area contributed by atoms with Crippen LogP contribution in [0.2, 0.25) is 0 Å². The number of alkyl halides is 3. The fraction of sp³-hybridized carbons (Fsp3) is 0.300. The summed E-state index contributed by atoms with van der Waals surface area (Å²) >= 11 is 0.889. The molecule has 0 aliphatic rings. The van der Waals surface area contributed by atoms with Gasteiger partial charge in [0, 0.05) is 16.2 Å². The Morgan fingerprint density at radius 3 is 2.31 bits per heavy atom. The maximum absolute atomic E-state index is 12.0. The smallest absolute Gasteiger partial charge is 0.383 e. The molecule has 88 valence electrons. The number of aliphatic hydroxyl groups excluding tert-OH is 1. The summed E-state index contributed by atoms with van der Waals surface area (Å²) in [5.41, 5.74) is 0.459. The Morgan fingerprint density at radius 1 is 1.31 bits per heavy atom. The lowest BCUT2D eigenvalue weighted by atomic mass is 10.2. The van der Waals surface area contributed by atoms with Gasteiger partial charge in [-0.1, -0.05) is 12.1 Å². The standard InChI is InChI=1S/C10H9F3O2S/c11-10(12,13)9(15)6-16-8-3-1-7(5-14)2-4-8/h1-5,9,15H,6H2. The molecule has 16 heavy (non-hydrogen) atoms. The van der Waals surface area contributed by atoms with Crippen LogP contribution in [0.3, 0.4) is 0 Å². The van der Waals surface area contributed by atoms with Crippen molar-refractivity contribution in [1.29, 1.82) is 0 Å². The average molecular weight is 250 g/mol. The predicted octanol–water partition coefficient (Wildman–Crippen LogP) is 2.51. The van der Waals surface area contributed by atoms with Gasteiger partial charge in [0.05, 0.1) is 0 Å². The van der Waals surface area contributed by atoms with E-state index in [9.17, 15) is 18.0 Å². The summed E-state index contributed by atoms with van der Waals surface area (Å²) in [6, 6.07) is 6.10. The van der Waals surface area contributed by atoms with Gasteiger partial charge in [-0.2, -0.15) is 13.2 Å². The maximum atomic E-state index is 12.0. The van der Waals surface area contributed by atoms with Crippen molar-refractivity contribution in [2.75, 3.05) is 5.75 Å². The average Bonchev–Trinajstić information content (AvgIpc) is 2.25. The van der Waals surface area contributed by atoms with E-state index in [1.807, 2.05) is 0 Å². The molecule has 1 rings (SSSR count). The van der Waals surface area contributed by atoms with E-state index in [1.54, 1.807) is 0 Å². The Hall–Kier alpha value is -1.01. The summed E-state index contributed by atoms with van der Waals surface area (Å²) in [6.07, 6.45) is -6.27. The van der Waals surface area contributed by atoms with Crippen molar-refractivity contribution in [2.45, 2.75) is 17.2 Å². The minimum atomic E-state index is -4.59. The molecule has 1 aromatic rings. The monoisotopic (exact) mass is 250 g/mol. The van der Waals surface area contributed by atoms with E-state index >= 15 is 0 Å². The minimum absolute atomic E-state index is 0.454. The van der Waals surface area contributed by atoms with Gasteiger partial charge in [0.2, 0.25) is 0 Å². The van der Waals surface area contributed by atoms with Crippen LogP contribution in [0, 0.1) is 0 Å². The van der Waals surface area contributed by atoms with Crippen LogP contribution < -0.4 is 0 Å².